The highest BCUT2D eigenvalue weighted by atomic mass is 19.3. The number of hydrogen-bond acceptors (Lipinski definition) is 4. The van der Waals surface area contributed by atoms with Crippen LogP contribution in [0.25, 0.3) is 0 Å². The molecule has 1 heterocycles. The lowest BCUT2D eigenvalue weighted by Crippen LogP contribution is -2.41. The number of aliphatic imine (C=N–C) groups is 1. The number of halogens is 2. The fraction of sp³-hybridized carbons (Fsp3) is 0.632. The Kier molecular flexibility index (Phi) is 8.57. The van der Waals surface area contributed by atoms with Crippen LogP contribution in [0, 0.1) is 5.92 Å². The number of guanidine groups is 1. The molecule has 1 N–H and O–H groups in total. The predicted octanol–water partition coefficient (Wildman–Crippen LogP) is 3.12. The maximum atomic E-state index is 12.8. The van der Waals surface area contributed by atoms with Crippen LogP contribution in [0.2, 0.25) is 0 Å². The number of ether oxygens (including phenoxy) is 3. The van der Waals surface area contributed by atoms with Crippen LogP contribution in [0.4, 0.5) is 8.78 Å². The topological polar surface area (TPSA) is 55.3 Å². The summed E-state index contributed by atoms with van der Waals surface area (Å²) in [5.41, 5.74) is 0.609. The van der Waals surface area contributed by atoms with Gasteiger partial charge in [-0.3, -0.25) is 4.99 Å². The molecule has 0 radical (unpaired) electrons. The van der Waals surface area contributed by atoms with E-state index in [0.717, 1.165) is 32.6 Å². The molecule has 1 aromatic rings. The van der Waals surface area contributed by atoms with E-state index in [1.165, 1.54) is 6.07 Å². The third-order valence-electron chi connectivity index (χ3n) is 4.29. The van der Waals surface area contributed by atoms with Gasteiger partial charge in [-0.1, -0.05) is 6.92 Å². The van der Waals surface area contributed by atoms with E-state index < -0.39 is 6.61 Å². The van der Waals surface area contributed by atoms with E-state index in [1.54, 1.807) is 19.2 Å². The Morgan fingerprint density at radius 3 is 2.89 bits per heavy atom. The summed E-state index contributed by atoms with van der Waals surface area (Å²) in [7, 11) is 3.65. The van der Waals surface area contributed by atoms with Crippen LogP contribution in [0.15, 0.2) is 23.2 Å². The van der Waals surface area contributed by atoms with Crippen molar-refractivity contribution < 1.29 is 23.0 Å². The Balaban J connectivity index is 2.00. The second-order valence-corrected chi connectivity index (χ2v) is 6.51. The molecule has 1 atom stereocenters. The summed E-state index contributed by atoms with van der Waals surface area (Å²) in [6, 6.07) is 4.99. The Hall–Kier alpha value is -2.09. The maximum Gasteiger partial charge on any atom is 0.387 e. The van der Waals surface area contributed by atoms with Crippen molar-refractivity contribution in [1.29, 1.82) is 0 Å². The molecule has 0 saturated carbocycles. The number of nitrogens with one attached hydrogen (secondary N) is 1. The molecule has 0 aliphatic carbocycles. The number of benzene rings is 1. The van der Waals surface area contributed by atoms with E-state index in [2.05, 4.69) is 15.0 Å². The molecule has 0 aromatic heterocycles. The van der Waals surface area contributed by atoms with Crippen molar-refractivity contribution in [2.45, 2.75) is 32.9 Å². The van der Waals surface area contributed by atoms with Crippen molar-refractivity contribution >= 4 is 5.96 Å². The minimum Gasteiger partial charge on any atom is -0.493 e. The molecule has 0 spiro atoms. The van der Waals surface area contributed by atoms with Gasteiger partial charge < -0.3 is 24.4 Å². The second kappa shape index (κ2) is 10.9. The highest BCUT2D eigenvalue weighted by Gasteiger charge is 2.19. The highest BCUT2D eigenvalue weighted by Crippen LogP contribution is 2.27. The SMILES string of the molecule is CCCOc1ccc(CNC(=NC)N(C)CC2CCOC2)c(OC(F)F)c1. The second-order valence-electron chi connectivity index (χ2n) is 6.51. The van der Waals surface area contributed by atoms with Crippen LogP contribution in [-0.2, 0) is 11.3 Å². The fourth-order valence-electron chi connectivity index (χ4n) is 2.96. The van der Waals surface area contributed by atoms with E-state index in [4.69, 9.17) is 9.47 Å². The first kappa shape index (κ1) is 21.2. The summed E-state index contributed by atoms with van der Waals surface area (Å²) in [5.74, 6) is 1.78. The molecule has 27 heavy (non-hydrogen) atoms. The minimum atomic E-state index is -2.89. The summed E-state index contributed by atoms with van der Waals surface area (Å²) < 4.78 is 41.1. The molecule has 1 fully saturated rings. The Bertz CT molecular complexity index is 608. The van der Waals surface area contributed by atoms with Gasteiger partial charge in [0.15, 0.2) is 5.96 Å². The highest BCUT2D eigenvalue weighted by molar-refractivity contribution is 5.79. The van der Waals surface area contributed by atoms with Crippen molar-refractivity contribution in [3.05, 3.63) is 23.8 Å². The lowest BCUT2D eigenvalue weighted by molar-refractivity contribution is -0.0505. The molecule has 6 nitrogen and oxygen atoms in total. The molecule has 0 amide bonds. The van der Waals surface area contributed by atoms with Gasteiger partial charge in [0.05, 0.1) is 13.2 Å². The third-order valence-corrected chi connectivity index (χ3v) is 4.29. The largest absolute Gasteiger partial charge is 0.493 e. The standard InChI is InChI=1S/C19H29F2N3O3/c1-4-8-26-16-6-5-15(17(10-16)27-18(20)21)11-23-19(22-2)24(3)12-14-7-9-25-13-14/h5-6,10,14,18H,4,7-9,11-13H2,1-3H3,(H,22,23). The average molecular weight is 385 g/mol. The van der Waals surface area contributed by atoms with Gasteiger partial charge in [-0.25, -0.2) is 0 Å². The van der Waals surface area contributed by atoms with Gasteiger partial charge in [0.25, 0.3) is 0 Å². The number of rotatable bonds is 9. The quantitative estimate of drug-likeness (QED) is 0.523. The van der Waals surface area contributed by atoms with Crippen LogP contribution in [-0.4, -0.2) is 57.9 Å². The molecule has 152 valence electrons. The van der Waals surface area contributed by atoms with Crippen molar-refractivity contribution in [3.63, 3.8) is 0 Å². The van der Waals surface area contributed by atoms with E-state index in [9.17, 15) is 8.78 Å². The Labute approximate surface area is 159 Å². The molecule has 1 aliphatic rings. The molecule has 8 heteroatoms. The predicted molar refractivity (Wildman–Crippen MR) is 101 cm³/mol. The average Bonchev–Trinajstić information content (AvgIpc) is 3.14. The lowest BCUT2D eigenvalue weighted by Gasteiger charge is -2.25. The zero-order valence-electron chi connectivity index (χ0n) is 16.2. The monoisotopic (exact) mass is 385 g/mol. The van der Waals surface area contributed by atoms with Crippen LogP contribution in [0.3, 0.4) is 0 Å². The van der Waals surface area contributed by atoms with Gasteiger partial charge in [0.1, 0.15) is 11.5 Å². The van der Waals surface area contributed by atoms with Crippen LogP contribution >= 0.6 is 0 Å². The van der Waals surface area contributed by atoms with Crippen molar-refractivity contribution in [2.75, 3.05) is 40.5 Å². The Morgan fingerprint density at radius 1 is 1.44 bits per heavy atom. The molecule has 0 bridgehead atoms. The lowest BCUT2D eigenvalue weighted by atomic mass is 10.1. The smallest absolute Gasteiger partial charge is 0.387 e. The first-order valence-corrected chi connectivity index (χ1v) is 9.23. The molecule has 1 saturated heterocycles. The van der Waals surface area contributed by atoms with Gasteiger partial charge in [0, 0.05) is 51.3 Å². The van der Waals surface area contributed by atoms with Gasteiger partial charge in [-0.2, -0.15) is 8.78 Å². The van der Waals surface area contributed by atoms with Gasteiger partial charge in [-0.15, -0.1) is 0 Å². The summed E-state index contributed by atoms with van der Waals surface area (Å²) in [5, 5.41) is 3.21. The molecule has 2 rings (SSSR count). The van der Waals surface area contributed by atoms with Crippen LogP contribution in [0.5, 0.6) is 11.5 Å². The zero-order chi connectivity index (χ0) is 19.6. The van der Waals surface area contributed by atoms with Gasteiger partial charge in [0.2, 0.25) is 0 Å². The van der Waals surface area contributed by atoms with E-state index in [-0.39, 0.29) is 5.75 Å². The molecule has 1 unspecified atom stereocenters. The van der Waals surface area contributed by atoms with Crippen molar-refractivity contribution in [2.24, 2.45) is 10.9 Å². The Morgan fingerprint density at radius 2 is 2.26 bits per heavy atom. The molecule has 1 aliphatic heterocycles. The molecule has 1 aromatic carbocycles. The molecular formula is C19H29F2N3O3. The summed E-state index contributed by atoms with van der Waals surface area (Å²) in [6.45, 7) is 2.30. The van der Waals surface area contributed by atoms with E-state index in [0.29, 0.717) is 36.3 Å². The summed E-state index contributed by atoms with van der Waals surface area (Å²) in [6.07, 6.45) is 1.87. The fourth-order valence-corrected chi connectivity index (χ4v) is 2.96. The third kappa shape index (κ3) is 6.86. The van der Waals surface area contributed by atoms with Crippen molar-refractivity contribution in [1.82, 2.24) is 10.2 Å². The first-order valence-electron chi connectivity index (χ1n) is 9.23. The van der Waals surface area contributed by atoms with E-state index in [1.807, 2.05) is 18.9 Å². The normalized spacial score (nSPS) is 17.3. The maximum absolute atomic E-state index is 12.8. The minimum absolute atomic E-state index is 0.105. The van der Waals surface area contributed by atoms with Crippen molar-refractivity contribution in [3.8, 4) is 11.5 Å². The summed E-state index contributed by atoms with van der Waals surface area (Å²) >= 11 is 0. The van der Waals surface area contributed by atoms with Crippen LogP contribution in [0.1, 0.15) is 25.3 Å². The molecular weight excluding hydrogens is 356 g/mol. The zero-order valence-corrected chi connectivity index (χ0v) is 16.2. The number of hydrogen-bond donors (Lipinski definition) is 1. The number of nitrogens with zero attached hydrogens (tertiary/aromatic N) is 2. The van der Waals surface area contributed by atoms with Crippen LogP contribution < -0.4 is 14.8 Å². The first-order chi connectivity index (χ1) is 13.0. The van der Waals surface area contributed by atoms with E-state index >= 15 is 0 Å². The van der Waals surface area contributed by atoms with Gasteiger partial charge in [-0.05, 0) is 25.0 Å². The van der Waals surface area contributed by atoms with Gasteiger partial charge >= 0.3 is 6.61 Å². The summed E-state index contributed by atoms with van der Waals surface area (Å²) in [4.78, 5) is 6.29. The number of alkyl halides is 2.